The van der Waals surface area contributed by atoms with Gasteiger partial charge in [-0.15, -0.1) is 0 Å². The lowest BCUT2D eigenvalue weighted by atomic mass is 9.99. The number of hydrogen-bond donors (Lipinski definition) is 1. The normalized spacial score (nSPS) is 12.3. The smallest absolute Gasteiger partial charge is 0.135 e. The molecule has 0 aromatic heterocycles. The molecule has 2 rings (SSSR count). The SMILES string of the molecule is COc1cc(F)c(C(O)c2ccc(C)c(Br)c2)c(F)c1. The van der Waals surface area contributed by atoms with Crippen LogP contribution in [-0.2, 0) is 0 Å². The summed E-state index contributed by atoms with van der Waals surface area (Å²) in [7, 11) is 1.32. The maximum atomic E-state index is 13.9. The lowest BCUT2D eigenvalue weighted by Crippen LogP contribution is -2.06. The first-order valence-corrected chi connectivity index (χ1v) is 6.70. The zero-order valence-electron chi connectivity index (χ0n) is 11.0. The molecule has 1 unspecified atom stereocenters. The maximum absolute atomic E-state index is 13.9. The molecule has 0 aliphatic carbocycles. The maximum Gasteiger partial charge on any atom is 0.135 e. The van der Waals surface area contributed by atoms with Gasteiger partial charge in [-0.05, 0) is 24.1 Å². The van der Waals surface area contributed by atoms with Crippen molar-refractivity contribution in [3.8, 4) is 5.75 Å². The molecule has 5 heteroatoms. The van der Waals surface area contributed by atoms with Crippen molar-refractivity contribution in [3.63, 3.8) is 0 Å². The molecule has 0 saturated carbocycles. The monoisotopic (exact) mass is 342 g/mol. The van der Waals surface area contributed by atoms with Gasteiger partial charge in [0, 0.05) is 16.6 Å². The Labute approximate surface area is 124 Å². The Morgan fingerprint density at radius 1 is 1.15 bits per heavy atom. The first-order chi connectivity index (χ1) is 9.43. The average Bonchev–Trinajstić information content (AvgIpc) is 2.40. The van der Waals surface area contributed by atoms with Gasteiger partial charge in [0.2, 0.25) is 0 Å². The van der Waals surface area contributed by atoms with E-state index in [4.69, 9.17) is 4.74 Å². The summed E-state index contributed by atoms with van der Waals surface area (Å²) in [6.45, 7) is 1.88. The van der Waals surface area contributed by atoms with E-state index in [1.54, 1.807) is 18.2 Å². The minimum Gasteiger partial charge on any atom is -0.497 e. The predicted molar refractivity (Wildman–Crippen MR) is 75.9 cm³/mol. The van der Waals surface area contributed by atoms with E-state index in [0.29, 0.717) is 5.56 Å². The van der Waals surface area contributed by atoms with Crippen LogP contribution in [0, 0.1) is 18.6 Å². The second kappa shape index (κ2) is 5.89. The summed E-state index contributed by atoms with van der Waals surface area (Å²) in [6, 6.07) is 7.13. The van der Waals surface area contributed by atoms with Crippen LogP contribution in [0.2, 0.25) is 0 Å². The number of aliphatic hydroxyl groups is 1. The third-order valence-corrected chi connectivity index (χ3v) is 3.93. The molecule has 20 heavy (non-hydrogen) atoms. The molecule has 0 aliphatic heterocycles. The minimum atomic E-state index is -1.38. The van der Waals surface area contributed by atoms with Crippen LogP contribution >= 0.6 is 15.9 Å². The number of benzene rings is 2. The fourth-order valence-electron chi connectivity index (χ4n) is 1.89. The molecular weight excluding hydrogens is 330 g/mol. The van der Waals surface area contributed by atoms with Gasteiger partial charge >= 0.3 is 0 Å². The fraction of sp³-hybridized carbons (Fsp3) is 0.200. The molecule has 0 bridgehead atoms. The van der Waals surface area contributed by atoms with E-state index in [1.807, 2.05) is 6.92 Å². The Morgan fingerprint density at radius 2 is 1.75 bits per heavy atom. The van der Waals surface area contributed by atoms with Gasteiger partial charge < -0.3 is 9.84 Å². The Balaban J connectivity index is 2.47. The van der Waals surface area contributed by atoms with Crippen LogP contribution in [0.15, 0.2) is 34.8 Å². The number of hydrogen-bond acceptors (Lipinski definition) is 2. The number of halogens is 3. The largest absolute Gasteiger partial charge is 0.497 e. The van der Waals surface area contributed by atoms with E-state index in [2.05, 4.69) is 15.9 Å². The fourth-order valence-corrected chi connectivity index (χ4v) is 2.28. The van der Waals surface area contributed by atoms with E-state index >= 15 is 0 Å². The summed E-state index contributed by atoms with van der Waals surface area (Å²) in [4.78, 5) is 0. The van der Waals surface area contributed by atoms with Crippen LogP contribution in [-0.4, -0.2) is 12.2 Å². The molecule has 0 fully saturated rings. The lowest BCUT2D eigenvalue weighted by molar-refractivity contribution is 0.208. The van der Waals surface area contributed by atoms with Crippen molar-refractivity contribution in [3.05, 3.63) is 63.1 Å². The van der Waals surface area contributed by atoms with Gasteiger partial charge in [-0.25, -0.2) is 8.78 Å². The second-order valence-electron chi connectivity index (χ2n) is 4.42. The molecule has 0 radical (unpaired) electrons. The standard InChI is InChI=1S/C15H13BrF2O2/c1-8-3-4-9(5-11(8)16)15(19)14-12(17)6-10(20-2)7-13(14)18/h3-7,15,19H,1-2H3. The van der Waals surface area contributed by atoms with Crippen LogP contribution in [0.3, 0.4) is 0 Å². The summed E-state index contributed by atoms with van der Waals surface area (Å²) in [6.07, 6.45) is -1.38. The van der Waals surface area contributed by atoms with Gasteiger partial charge in [0.25, 0.3) is 0 Å². The van der Waals surface area contributed by atoms with E-state index in [-0.39, 0.29) is 11.3 Å². The van der Waals surface area contributed by atoms with Crippen LogP contribution < -0.4 is 4.74 Å². The van der Waals surface area contributed by atoms with Gasteiger partial charge in [0.1, 0.15) is 23.5 Å². The van der Waals surface area contributed by atoms with E-state index in [0.717, 1.165) is 22.2 Å². The van der Waals surface area contributed by atoms with Crippen molar-refractivity contribution >= 4 is 15.9 Å². The quantitative estimate of drug-likeness (QED) is 0.908. The number of ether oxygens (including phenoxy) is 1. The number of aliphatic hydroxyl groups excluding tert-OH is 1. The van der Waals surface area contributed by atoms with E-state index in [9.17, 15) is 13.9 Å². The molecule has 0 aliphatic rings. The first kappa shape index (κ1) is 14.9. The van der Waals surface area contributed by atoms with Crippen molar-refractivity contribution in [1.82, 2.24) is 0 Å². The van der Waals surface area contributed by atoms with Gasteiger partial charge in [-0.2, -0.15) is 0 Å². The highest BCUT2D eigenvalue weighted by Gasteiger charge is 2.21. The predicted octanol–water partition coefficient (Wildman–Crippen LogP) is 4.13. The second-order valence-corrected chi connectivity index (χ2v) is 5.27. The minimum absolute atomic E-state index is 0.0704. The zero-order valence-corrected chi connectivity index (χ0v) is 12.5. The van der Waals surface area contributed by atoms with Crippen molar-refractivity contribution < 1.29 is 18.6 Å². The molecule has 2 aromatic carbocycles. The van der Waals surface area contributed by atoms with Crippen LogP contribution in [0.5, 0.6) is 5.75 Å². The van der Waals surface area contributed by atoms with Crippen molar-refractivity contribution in [2.75, 3.05) is 7.11 Å². The van der Waals surface area contributed by atoms with E-state index in [1.165, 1.54) is 7.11 Å². The molecule has 0 spiro atoms. The highest BCUT2D eigenvalue weighted by atomic mass is 79.9. The topological polar surface area (TPSA) is 29.5 Å². The number of aryl methyl sites for hydroxylation is 1. The first-order valence-electron chi connectivity index (χ1n) is 5.91. The average molecular weight is 343 g/mol. The molecular formula is C15H13BrF2O2. The molecule has 2 aromatic rings. The van der Waals surface area contributed by atoms with E-state index < -0.39 is 17.7 Å². The number of methoxy groups -OCH3 is 1. The molecule has 2 nitrogen and oxygen atoms in total. The summed E-state index contributed by atoms with van der Waals surface area (Å²) < 4.78 is 33.4. The Morgan fingerprint density at radius 3 is 2.25 bits per heavy atom. The summed E-state index contributed by atoms with van der Waals surface area (Å²) in [5.41, 5.74) is 0.989. The van der Waals surface area contributed by atoms with Gasteiger partial charge in [0.15, 0.2) is 0 Å². The third kappa shape index (κ3) is 2.83. The Hall–Kier alpha value is -1.46. The summed E-state index contributed by atoms with van der Waals surface area (Å²) in [5, 5.41) is 10.2. The third-order valence-electron chi connectivity index (χ3n) is 3.07. The Kier molecular flexibility index (Phi) is 4.40. The molecule has 1 atom stereocenters. The number of rotatable bonds is 3. The molecule has 0 heterocycles. The highest BCUT2D eigenvalue weighted by Crippen LogP contribution is 2.31. The van der Waals surface area contributed by atoms with Crippen molar-refractivity contribution in [2.45, 2.75) is 13.0 Å². The summed E-state index contributed by atoms with van der Waals surface area (Å²) >= 11 is 3.33. The van der Waals surface area contributed by atoms with Crippen LogP contribution in [0.4, 0.5) is 8.78 Å². The van der Waals surface area contributed by atoms with Gasteiger partial charge in [0.05, 0.1) is 12.7 Å². The highest BCUT2D eigenvalue weighted by molar-refractivity contribution is 9.10. The molecule has 0 amide bonds. The van der Waals surface area contributed by atoms with Crippen molar-refractivity contribution in [2.24, 2.45) is 0 Å². The summed E-state index contributed by atoms with van der Waals surface area (Å²) in [5.74, 6) is -1.61. The van der Waals surface area contributed by atoms with Gasteiger partial charge in [-0.1, -0.05) is 28.1 Å². The molecule has 1 N–H and O–H groups in total. The lowest BCUT2D eigenvalue weighted by Gasteiger charge is -2.15. The van der Waals surface area contributed by atoms with Crippen LogP contribution in [0.25, 0.3) is 0 Å². The van der Waals surface area contributed by atoms with Crippen molar-refractivity contribution in [1.29, 1.82) is 0 Å². The zero-order chi connectivity index (χ0) is 14.9. The van der Waals surface area contributed by atoms with Gasteiger partial charge in [-0.3, -0.25) is 0 Å². The Bertz CT molecular complexity index is 621. The van der Waals surface area contributed by atoms with Crippen LogP contribution in [0.1, 0.15) is 22.8 Å². The molecule has 106 valence electrons. The molecule has 0 saturated heterocycles.